The van der Waals surface area contributed by atoms with Gasteiger partial charge in [-0.15, -0.1) is 0 Å². The van der Waals surface area contributed by atoms with Crippen LogP contribution in [0.5, 0.6) is 0 Å². The van der Waals surface area contributed by atoms with E-state index in [4.69, 9.17) is 4.74 Å². The van der Waals surface area contributed by atoms with Crippen LogP contribution in [-0.2, 0) is 14.3 Å². The van der Waals surface area contributed by atoms with E-state index < -0.39 is 12.1 Å². The van der Waals surface area contributed by atoms with E-state index >= 15 is 0 Å². The number of nitrogens with one attached hydrogen (secondary N) is 1. The maximum absolute atomic E-state index is 12.4. The minimum absolute atomic E-state index is 0.00108. The van der Waals surface area contributed by atoms with E-state index in [1.807, 2.05) is 6.08 Å². The van der Waals surface area contributed by atoms with Crippen LogP contribution in [0.3, 0.4) is 0 Å². The standard InChI is InChI=1S/C58H107NO5/c1-3-5-7-9-11-13-14-15-16-22-26-29-32-36-40-44-48-52-58(63)64-53-49-45-41-37-33-30-27-24-21-19-17-18-20-23-25-28-31-35-39-43-47-51-57(62)59-55(54-60)56(61)50-46-42-38-34-12-10-8-6-4-2/h11,13,15-16,18,20,46,50,55-56,60-61H,3-10,12,14,17,19,21-45,47-49,51-54H2,1-2H3,(H,59,62)/b13-11-,16-15-,20-18-,50-46+. The highest BCUT2D eigenvalue weighted by Gasteiger charge is 2.18. The van der Waals surface area contributed by atoms with Gasteiger partial charge in [0.05, 0.1) is 25.4 Å². The molecule has 0 fully saturated rings. The summed E-state index contributed by atoms with van der Waals surface area (Å²) in [4.78, 5) is 24.4. The van der Waals surface area contributed by atoms with Crippen LogP contribution in [0, 0.1) is 0 Å². The summed E-state index contributed by atoms with van der Waals surface area (Å²) in [6.07, 6.45) is 67.1. The zero-order chi connectivity index (χ0) is 46.5. The molecule has 0 radical (unpaired) electrons. The summed E-state index contributed by atoms with van der Waals surface area (Å²) < 4.78 is 5.48. The van der Waals surface area contributed by atoms with Crippen LogP contribution in [0.4, 0.5) is 0 Å². The summed E-state index contributed by atoms with van der Waals surface area (Å²) in [5.74, 6) is -0.0806. The van der Waals surface area contributed by atoms with E-state index in [-0.39, 0.29) is 18.5 Å². The number of amides is 1. The first-order valence-electron chi connectivity index (χ1n) is 27.9. The van der Waals surface area contributed by atoms with Gasteiger partial charge in [-0.1, -0.05) is 229 Å². The van der Waals surface area contributed by atoms with Crippen molar-refractivity contribution in [2.45, 2.75) is 296 Å². The van der Waals surface area contributed by atoms with Crippen molar-refractivity contribution in [1.82, 2.24) is 5.32 Å². The van der Waals surface area contributed by atoms with Gasteiger partial charge in [0.15, 0.2) is 0 Å². The number of carbonyl (C=O) groups is 2. The smallest absolute Gasteiger partial charge is 0.305 e. The van der Waals surface area contributed by atoms with E-state index in [1.54, 1.807) is 6.08 Å². The molecule has 0 bridgehead atoms. The molecule has 3 N–H and O–H groups in total. The molecule has 0 heterocycles. The molecule has 374 valence electrons. The molecule has 0 rings (SSSR count). The zero-order valence-corrected chi connectivity index (χ0v) is 42.5. The van der Waals surface area contributed by atoms with Gasteiger partial charge >= 0.3 is 5.97 Å². The largest absolute Gasteiger partial charge is 0.466 e. The van der Waals surface area contributed by atoms with Gasteiger partial charge in [0.1, 0.15) is 0 Å². The third-order valence-corrected chi connectivity index (χ3v) is 12.6. The van der Waals surface area contributed by atoms with E-state index in [9.17, 15) is 19.8 Å². The Labute approximate surface area is 397 Å². The molecule has 0 saturated carbocycles. The number of aliphatic hydroxyl groups is 2. The normalized spacial score (nSPS) is 13.0. The summed E-state index contributed by atoms with van der Waals surface area (Å²) in [6, 6.07) is -0.632. The minimum Gasteiger partial charge on any atom is -0.466 e. The topological polar surface area (TPSA) is 95.9 Å². The molecule has 1 amide bonds. The molecule has 0 aromatic rings. The lowest BCUT2D eigenvalue weighted by molar-refractivity contribution is -0.143. The lowest BCUT2D eigenvalue weighted by Crippen LogP contribution is -2.45. The van der Waals surface area contributed by atoms with Crippen LogP contribution in [-0.4, -0.2) is 47.4 Å². The van der Waals surface area contributed by atoms with Crippen molar-refractivity contribution < 1.29 is 24.5 Å². The van der Waals surface area contributed by atoms with Gasteiger partial charge in [-0.05, 0) is 89.9 Å². The molecule has 0 aliphatic rings. The van der Waals surface area contributed by atoms with Gasteiger partial charge in [0.2, 0.25) is 5.91 Å². The van der Waals surface area contributed by atoms with Gasteiger partial charge in [-0.3, -0.25) is 9.59 Å². The fourth-order valence-electron chi connectivity index (χ4n) is 8.25. The highest BCUT2D eigenvalue weighted by molar-refractivity contribution is 5.76. The van der Waals surface area contributed by atoms with Gasteiger partial charge in [0.25, 0.3) is 0 Å². The summed E-state index contributed by atoms with van der Waals surface area (Å²) in [7, 11) is 0. The summed E-state index contributed by atoms with van der Waals surface area (Å²) in [5, 5.41) is 22.9. The average molecular weight is 898 g/mol. The molecule has 0 aliphatic carbocycles. The third kappa shape index (κ3) is 49.3. The average Bonchev–Trinajstić information content (AvgIpc) is 3.29. The van der Waals surface area contributed by atoms with Gasteiger partial charge in [0, 0.05) is 12.8 Å². The van der Waals surface area contributed by atoms with Gasteiger partial charge < -0.3 is 20.3 Å². The van der Waals surface area contributed by atoms with Crippen molar-refractivity contribution in [3.8, 4) is 0 Å². The lowest BCUT2D eigenvalue weighted by atomic mass is 10.0. The van der Waals surface area contributed by atoms with Crippen LogP contribution in [0.2, 0.25) is 0 Å². The molecule has 64 heavy (non-hydrogen) atoms. The Morgan fingerprint density at radius 2 is 0.781 bits per heavy atom. The number of carbonyl (C=O) groups excluding carboxylic acids is 2. The van der Waals surface area contributed by atoms with Crippen molar-refractivity contribution in [3.05, 3.63) is 48.6 Å². The SMILES string of the molecule is CCCCC/C=C\C/C=C\CCCCCCCCCC(=O)OCCCCCCCCCCCC/C=C\CCCCCCCCCC(=O)NC(CO)C(O)/C=C/CCCCCCCCC. The third-order valence-electron chi connectivity index (χ3n) is 12.6. The first kappa shape index (κ1) is 61.8. The quantitative estimate of drug-likeness (QED) is 0.0321. The number of hydrogen-bond donors (Lipinski definition) is 3. The van der Waals surface area contributed by atoms with Crippen molar-refractivity contribution in [3.63, 3.8) is 0 Å². The highest BCUT2D eigenvalue weighted by Crippen LogP contribution is 2.15. The Balaban J connectivity index is 3.42. The fraction of sp³-hybridized carbons (Fsp3) is 0.828. The monoisotopic (exact) mass is 898 g/mol. The molecular weight excluding hydrogens is 791 g/mol. The molecule has 0 aromatic carbocycles. The van der Waals surface area contributed by atoms with Crippen LogP contribution >= 0.6 is 0 Å². The Morgan fingerprint density at radius 3 is 1.23 bits per heavy atom. The molecule has 0 spiro atoms. The van der Waals surface area contributed by atoms with Crippen LogP contribution < -0.4 is 5.32 Å². The van der Waals surface area contributed by atoms with Crippen LogP contribution in [0.1, 0.15) is 284 Å². The number of hydrogen-bond acceptors (Lipinski definition) is 5. The van der Waals surface area contributed by atoms with E-state index in [2.05, 4.69) is 55.6 Å². The summed E-state index contributed by atoms with van der Waals surface area (Å²) in [6.45, 7) is 4.83. The number of aliphatic hydroxyl groups excluding tert-OH is 2. The number of rotatable bonds is 51. The molecule has 0 saturated heterocycles. The van der Waals surface area contributed by atoms with Crippen LogP contribution in [0.15, 0.2) is 48.6 Å². The van der Waals surface area contributed by atoms with Gasteiger partial charge in [-0.25, -0.2) is 0 Å². The zero-order valence-electron chi connectivity index (χ0n) is 42.5. The second-order valence-electron chi connectivity index (χ2n) is 18.9. The lowest BCUT2D eigenvalue weighted by Gasteiger charge is -2.20. The molecule has 0 aliphatic heterocycles. The maximum Gasteiger partial charge on any atom is 0.305 e. The first-order valence-corrected chi connectivity index (χ1v) is 27.9. The molecule has 2 atom stereocenters. The molecule has 0 aromatic heterocycles. The van der Waals surface area contributed by atoms with Crippen LogP contribution in [0.25, 0.3) is 0 Å². The molecular formula is C58H107NO5. The highest BCUT2D eigenvalue weighted by atomic mass is 16.5. The summed E-state index contributed by atoms with van der Waals surface area (Å²) >= 11 is 0. The van der Waals surface area contributed by atoms with Crippen molar-refractivity contribution in [2.24, 2.45) is 0 Å². The number of allylic oxidation sites excluding steroid dienone is 7. The molecule has 6 heteroatoms. The number of esters is 1. The maximum atomic E-state index is 12.4. The predicted molar refractivity (Wildman–Crippen MR) is 278 cm³/mol. The number of unbranched alkanes of at least 4 members (excludes halogenated alkanes) is 34. The number of ether oxygens (including phenoxy) is 1. The van der Waals surface area contributed by atoms with Crippen molar-refractivity contribution in [1.29, 1.82) is 0 Å². The second-order valence-corrected chi connectivity index (χ2v) is 18.9. The van der Waals surface area contributed by atoms with E-state index in [0.717, 1.165) is 57.8 Å². The van der Waals surface area contributed by atoms with Gasteiger partial charge in [-0.2, -0.15) is 0 Å². The molecule has 6 nitrogen and oxygen atoms in total. The summed E-state index contributed by atoms with van der Waals surface area (Å²) in [5.41, 5.74) is 0. The predicted octanol–water partition coefficient (Wildman–Crippen LogP) is 17.0. The second kappa shape index (κ2) is 53.4. The Bertz CT molecular complexity index is 1080. The Kier molecular flexibility index (Phi) is 51.6. The minimum atomic E-state index is -0.848. The Hall–Kier alpha value is -2.18. The first-order chi connectivity index (χ1) is 31.5. The van der Waals surface area contributed by atoms with Crippen molar-refractivity contribution in [2.75, 3.05) is 13.2 Å². The molecule has 2 unspecified atom stereocenters. The van der Waals surface area contributed by atoms with Crippen molar-refractivity contribution >= 4 is 11.9 Å². The van der Waals surface area contributed by atoms with E-state index in [0.29, 0.717) is 19.4 Å². The fourth-order valence-corrected chi connectivity index (χ4v) is 8.25. The Morgan fingerprint density at radius 1 is 0.438 bits per heavy atom. The van der Waals surface area contributed by atoms with E-state index in [1.165, 1.54) is 199 Å².